The topological polar surface area (TPSA) is 50.7 Å². The summed E-state index contributed by atoms with van der Waals surface area (Å²) in [5, 5.41) is 13.0. The molecular formula is C17H21NO3. The van der Waals surface area contributed by atoms with E-state index in [4.69, 9.17) is 9.47 Å². The van der Waals surface area contributed by atoms with Crippen molar-refractivity contribution in [3.8, 4) is 17.2 Å². The highest BCUT2D eigenvalue weighted by Crippen LogP contribution is 2.26. The van der Waals surface area contributed by atoms with Gasteiger partial charge < -0.3 is 19.9 Å². The number of hydrogen-bond donors (Lipinski definition) is 2. The molecule has 0 spiro atoms. The van der Waals surface area contributed by atoms with Crippen LogP contribution in [-0.4, -0.2) is 18.8 Å². The zero-order valence-electron chi connectivity index (χ0n) is 12.4. The lowest BCUT2D eigenvalue weighted by atomic mass is 10.2. The Morgan fingerprint density at radius 3 is 2.48 bits per heavy atom. The summed E-state index contributed by atoms with van der Waals surface area (Å²) in [6.45, 7) is 3.45. The van der Waals surface area contributed by atoms with Crippen LogP contribution in [0.4, 0.5) is 5.69 Å². The summed E-state index contributed by atoms with van der Waals surface area (Å²) in [6.07, 6.45) is 1.00. The lowest BCUT2D eigenvalue weighted by Crippen LogP contribution is -2.00. The molecule has 0 aliphatic carbocycles. The van der Waals surface area contributed by atoms with Crippen LogP contribution in [0.1, 0.15) is 18.9 Å². The van der Waals surface area contributed by atoms with Crippen molar-refractivity contribution in [2.75, 3.05) is 19.0 Å². The van der Waals surface area contributed by atoms with Crippen LogP contribution in [0.3, 0.4) is 0 Å². The van der Waals surface area contributed by atoms with Gasteiger partial charge in [-0.05, 0) is 48.4 Å². The summed E-state index contributed by atoms with van der Waals surface area (Å²) in [5.74, 6) is 1.51. The van der Waals surface area contributed by atoms with Gasteiger partial charge in [0.05, 0.1) is 13.7 Å². The van der Waals surface area contributed by atoms with Gasteiger partial charge >= 0.3 is 0 Å². The second-order valence-electron chi connectivity index (χ2n) is 4.73. The molecular weight excluding hydrogens is 266 g/mol. The van der Waals surface area contributed by atoms with E-state index in [0.717, 1.165) is 30.0 Å². The Balaban J connectivity index is 1.92. The molecule has 4 nitrogen and oxygen atoms in total. The van der Waals surface area contributed by atoms with Gasteiger partial charge in [0.1, 0.15) is 5.75 Å². The lowest BCUT2D eigenvalue weighted by molar-refractivity contribution is 0.317. The van der Waals surface area contributed by atoms with Crippen molar-refractivity contribution < 1.29 is 14.6 Å². The summed E-state index contributed by atoms with van der Waals surface area (Å²) >= 11 is 0. The minimum atomic E-state index is 0.153. The van der Waals surface area contributed by atoms with Crippen molar-refractivity contribution in [1.82, 2.24) is 0 Å². The number of hydrogen-bond acceptors (Lipinski definition) is 4. The third kappa shape index (κ3) is 4.31. The zero-order chi connectivity index (χ0) is 15.1. The highest BCUT2D eigenvalue weighted by molar-refractivity contribution is 5.48. The highest BCUT2D eigenvalue weighted by Gasteiger charge is 2.02. The normalized spacial score (nSPS) is 10.2. The first kappa shape index (κ1) is 15.0. The predicted octanol–water partition coefficient (Wildman–Crippen LogP) is 3.80. The van der Waals surface area contributed by atoms with Crippen molar-refractivity contribution in [2.24, 2.45) is 0 Å². The number of methoxy groups -OCH3 is 1. The standard InChI is InChI=1S/C17H21NO3/c1-3-10-21-15-7-5-14(6-8-15)18-12-13-4-9-17(20-2)16(19)11-13/h4-9,11,18-19H,3,10,12H2,1-2H3. The van der Waals surface area contributed by atoms with Crippen LogP contribution >= 0.6 is 0 Å². The Hall–Kier alpha value is -2.36. The van der Waals surface area contributed by atoms with Gasteiger partial charge in [-0.15, -0.1) is 0 Å². The fourth-order valence-electron chi connectivity index (χ4n) is 1.94. The van der Waals surface area contributed by atoms with Crippen LogP contribution in [0.2, 0.25) is 0 Å². The minimum absolute atomic E-state index is 0.153. The summed E-state index contributed by atoms with van der Waals surface area (Å²) in [7, 11) is 1.54. The van der Waals surface area contributed by atoms with Crippen LogP contribution in [0.25, 0.3) is 0 Å². The second kappa shape index (κ2) is 7.43. The molecule has 2 N–H and O–H groups in total. The van der Waals surface area contributed by atoms with Gasteiger partial charge in [-0.25, -0.2) is 0 Å². The Morgan fingerprint density at radius 1 is 1.10 bits per heavy atom. The molecule has 0 atom stereocenters. The molecule has 0 aromatic heterocycles. The van der Waals surface area contributed by atoms with Crippen molar-refractivity contribution in [3.05, 3.63) is 48.0 Å². The average Bonchev–Trinajstić information content (AvgIpc) is 2.52. The first-order chi connectivity index (χ1) is 10.2. The average molecular weight is 287 g/mol. The lowest BCUT2D eigenvalue weighted by Gasteiger charge is -2.10. The molecule has 112 valence electrons. The molecule has 2 aromatic rings. The summed E-state index contributed by atoms with van der Waals surface area (Å²) in [6, 6.07) is 13.2. The molecule has 0 fully saturated rings. The molecule has 0 aliphatic rings. The maximum atomic E-state index is 9.74. The molecule has 0 amide bonds. The van der Waals surface area contributed by atoms with E-state index >= 15 is 0 Å². The quantitative estimate of drug-likeness (QED) is 0.813. The first-order valence-corrected chi connectivity index (χ1v) is 7.05. The van der Waals surface area contributed by atoms with Crippen LogP contribution in [0.5, 0.6) is 17.2 Å². The van der Waals surface area contributed by atoms with Gasteiger partial charge in [-0.3, -0.25) is 0 Å². The van der Waals surface area contributed by atoms with E-state index in [2.05, 4.69) is 12.2 Å². The molecule has 0 aliphatic heterocycles. The van der Waals surface area contributed by atoms with Gasteiger partial charge in [0, 0.05) is 12.2 Å². The van der Waals surface area contributed by atoms with Crippen molar-refractivity contribution in [3.63, 3.8) is 0 Å². The van der Waals surface area contributed by atoms with Crippen LogP contribution < -0.4 is 14.8 Å². The van der Waals surface area contributed by atoms with Crippen molar-refractivity contribution in [1.29, 1.82) is 0 Å². The van der Waals surface area contributed by atoms with Crippen LogP contribution in [-0.2, 0) is 6.54 Å². The third-order valence-electron chi connectivity index (χ3n) is 3.07. The maximum Gasteiger partial charge on any atom is 0.160 e. The monoisotopic (exact) mass is 287 g/mol. The number of nitrogens with one attached hydrogen (secondary N) is 1. The van der Waals surface area contributed by atoms with E-state index in [9.17, 15) is 5.11 Å². The molecule has 4 heteroatoms. The zero-order valence-corrected chi connectivity index (χ0v) is 12.4. The molecule has 0 unspecified atom stereocenters. The van der Waals surface area contributed by atoms with Gasteiger partial charge in [-0.2, -0.15) is 0 Å². The molecule has 2 rings (SSSR count). The molecule has 0 saturated heterocycles. The number of aromatic hydroxyl groups is 1. The Kier molecular flexibility index (Phi) is 5.32. The Labute approximate surface area is 125 Å². The molecule has 0 radical (unpaired) electrons. The smallest absolute Gasteiger partial charge is 0.160 e. The Bertz CT molecular complexity index is 567. The van der Waals surface area contributed by atoms with Crippen molar-refractivity contribution >= 4 is 5.69 Å². The van der Waals surface area contributed by atoms with E-state index in [-0.39, 0.29) is 5.75 Å². The van der Waals surface area contributed by atoms with E-state index in [0.29, 0.717) is 12.3 Å². The van der Waals surface area contributed by atoms with Gasteiger partial charge in [0.15, 0.2) is 11.5 Å². The SMILES string of the molecule is CCCOc1ccc(NCc2ccc(OC)c(O)c2)cc1. The summed E-state index contributed by atoms with van der Waals surface area (Å²) in [4.78, 5) is 0. The fourth-order valence-corrected chi connectivity index (χ4v) is 1.94. The summed E-state index contributed by atoms with van der Waals surface area (Å²) < 4.78 is 10.6. The van der Waals surface area contributed by atoms with E-state index < -0.39 is 0 Å². The first-order valence-electron chi connectivity index (χ1n) is 7.05. The van der Waals surface area contributed by atoms with Crippen LogP contribution in [0.15, 0.2) is 42.5 Å². The van der Waals surface area contributed by atoms with E-state index in [1.165, 1.54) is 7.11 Å². The van der Waals surface area contributed by atoms with Crippen LogP contribution in [0, 0.1) is 0 Å². The summed E-state index contributed by atoms with van der Waals surface area (Å²) in [5.41, 5.74) is 1.99. The number of rotatable bonds is 7. The maximum absolute atomic E-state index is 9.74. The number of benzene rings is 2. The van der Waals surface area contributed by atoms with E-state index in [1.807, 2.05) is 30.3 Å². The number of phenols is 1. The largest absolute Gasteiger partial charge is 0.504 e. The molecule has 0 bridgehead atoms. The highest BCUT2D eigenvalue weighted by atomic mass is 16.5. The fraction of sp³-hybridized carbons (Fsp3) is 0.294. The molecule has 0 saturated carbocycles. The number of anilines is 1. The number of phenolic OH excluding ortho intramolecular Hbond substituents is 1. The van der Waals surface area contributed by atoms with Crippen molar-refractivity contribution in [2.45, 2.75) is 19.9 Å². The van der Waals surface area contributed by atoms with Gasteiger partial charge in [-0.1, -0.05) is 13.0 Å². The van der Waals surface area contributed by atoms with E-state index in [1.54, 1.807) is 12.1 Å². The third-order valence-corrected chi connectivity index (χ3v) is 3.07. The predicted molar refractivity (Wildman–Crippen MR) is 84.2 cm³/mol. The second-order valence-corrected chi connectivity index (χ2v) is 4.73. The molecule has 2 aromatic carbocycles. The minimum Gasteiger partial charge on any atom is -0.504 e. The van der Waals surface area contributed by atoms with Gasteiger partial charge in [0.25, 0.3) is 0 Å². The Morgan fingerprint density at radius 2 is 1.86 bits per heavy atom. The molecule has 0 heterocycles. The van der Waals surface area contributed by atoms with Gasteiger partial charge in [0.2, 0.25) is 0 Å². The molecule has 21 heavy (non-hydrogen) atoms. The number of ether oxygens (including phenoxy) is 2.